The number of aliphatic hydroxyl groups is 2. The molecule has 0 aliphatic carbocycles. The van der Waals surface area contributed by atoms with Crippen LogP contribution in [-0.2, 0) is 0 Å². The Balaban J connectivity index is 1.86. The molecule has 1 heterocycles. The third kappa shape index (κ3) is 17.3. The standard InChI is InChI=1S/C28H58N2O2/c1-3-5-7-8-9-10-11-12-13-14-15-16-17-18-20-28(32)26-30-23-21-29(22-24-30)25-27(31)19-6-4-2/h27-28,31-32H,3-26H2,1-2H3. The van der Waals surface area contributed by atoms with Gasteiger partial charge < -0.3 is 10.2 Å². The number of hydrogen-bond donors (Lipinski definition) is 2. The van der Waals surface area contributed by atoms with Gasteiger partial charge in [-0.15, -0.1) is 0 Å². The molecule has 1 aliphatic heterocycles. The maximum Gasteiger partial charge on any atom is 0.0667 e. The van der Waals surface area contributed by atoms with Gasteiger partial charge in [0.2, 0.25) is 0 Å². The first kappa shape index (κ1) is 29.9. The van der Waals surface area contributed by atoms with Gasteiger partial charge in [-0.2, -0.15) is 0 Å². The van der Waals surface area contributed by atoms with Crippen LogP contribution in [0.5, 0.6) is 0 Å². The quantitative estimate of drug-likeness (QED) is 0.186. The topological polar surface area (TPSA) is 46.9 Å². The molecule has 4 heteroatoms. The van der Waals surface area contributed by atoms with Gasteiger partial charge in [0.1, 0.15) is 0 Å². The van der Waals surface area contributed by atoms with Crippen LogP contribution in [0.2, 0.25) is 0 Å². The molecule has 0 amide bonds. The van der Waals surface area contributed by atoms with E-state index in [2.05, 4.69) is 23.6 Å². The zero-order valence-electron chi connectivity index (χ0n) is 21.9. The van der Waals surface area contributed by atoms with E-state index < -0.39 is 0 Å². The fourth-order valence-electron chi connectivity index (χ4n) is 4.95. The number of β-amino-alcohol motifs (C(OH)–C–C–N with tert-alkyl or cyclic N) is 2. The van der Waals surface area contributed by atoms with Gasteiger partial charge in [-0.1, -0.05) is 117 Å². The molecule has 32 heavy (non-hydrogen) atoms. The monoisotopic (exact) mass is 454 g/mol. The summed E-state index contributed by atoms with van der Waals surface area (Å²) in [6.07, 6.45) is 23.2. The maximum absolute atomic E-state index is 10.4. The number of unbranched alkanes of at least 4 members (excludes halogenated alkanes) is 14. The van der Waals surface area contributed by atoms with Gasteiger partial charge in [-0.05, 0) is 12.8 Å². The van der Waals surface area contributed by atoms with Crippen molar-refractivity contribution in [3.05, 3.63) is 0 Å². The van der Waals surface area contributed by atoms with E-state index in [9.17, 15) is 10.2 Å². The van der Waals surface area contributed by atoms with Gasteiger partial charge in [-0.25, -0.2) is 0 Å². The summed E-state index contributed by atoms with van der Waals surface area (Å²) < 4.78 is 0. The lowest BCUT2D eigenvalue weighted by Crippen LogP contribution is -2.50. The predicted octanol–water partition coefficient (Wildman–Crippen LogP) is 6.39. The fraction of sp³-hybridized carbons (Fsp3) is 1.00. The Kier molecular flexibility index (Phi) is 20.0. The molecule has 1 fully saturated rings. The Bertz CT molecular complexity index is 386. The van der Waals surface area contributed by atoms with Crippen LogP contribution >= 0.6 is 0 Å². The first-order valence-corrected chi connectivity index (χ1v) is 14.5. The summed E-state index contributed by atoms with van der Waals surface area (Å²) in [4.78, 5) is 4.79. The van der Waals surface area contributed by atoms with Crippen LogP contribution in [0, 0.1) is 0 Å². The van der Waals surface area contributed by atoms with Crippen molar-refractivity contribution in [2.75, 3.05) is 39.3 Å². The predicted molar refractivity (Wildman–Crippen MR) is 139 cm³/mol. The Morgan fingerprint density at radius 1 is 0.469 bits per heavy atom. The molecule has 192 valence electrons. The van der Waals surface area contributed by atoms with Gasteiger partial charge in [0, 0.05) is 39.3 Å². The highest BCUT2D eigenvalue weighted by Gasteiger charge is 2.20. The summed E-state index contributed by atoms with van der Waals surface area (Å²) in [6.45, 7) is 10.2. The van der Waals surface area contributed by atoms with E-state index in [1.807, 2.05) is 0 Å². The molecule has 2 atom stereocenters. The van der Waals surface area contributed by atoms with Crippen molar-refractivity contribution in [3.8, 4) is 0 Å². The minimum absolute atomic E-state index is 0.172. The normalized spacial score (nSPS) is 17.6. The molecule has 0 saturated carbocycles. The lowest BCUT2D eigenvalue weighted by atomic mass is 10.0. The summed E-state index contributed by atoms with van der Waals surface area (Å²) in [6, 6.07) is 0. The van der Waals surface area contributed by atoms with E-state index in [0.717, 1.165) is 65.0 Å². The number of rotatable bonds is 22. The average molecular weight is 455 g/mol. The molecular weight excluding hydrogens is 396 g/mol. The van der Waals surface area contributed by atoms with E-state index >= 15 is 0 Å². The van der Waals surface area contributed by atoms with Gasteiger partial charge in [0.25, 0.3) is 0 Å². The Morgan fingerprint density at radius 3 is 1.16 bits per heavy atom. The van der Waals surface area contributed by atoms with Gasteiger partial charge >= 0.3 is 0 Å². The third-order valence-corrected chi connectivity index (χ3v) is 7.18. The lowest BCUT2D eigenvalue weighted by Gasteiger charge is -2.36. The SMILES string of the molecule is CCCCCCCCCCCCCCCCC(O)CN1CCN(CC(O)CCCC)CC1. The molecule has 0 bridgehead atoms. The highest BCUT2D eigenvalue weighted by atomic mass is 16.3. The smallest absolute Gasteiger partial charge is 0.0667 e. The van der Waals surface area contributed by atoms with Crippen molar-refractivity contribution >= 4 is 0 Å². The van der Waals surface area contributed by atoms with Gasteiger partial charge in [0.15, 0.2) is 0 Å². The summed E-state index contributed by atoms with van der Waals surface area (Å²) in [7, 11) is 0. The second-order valence-corrected chi connectivity index (χ2v) is 10.4. The van der Waals surface area contributed by atoms with E-state index in [1.165, 1.54) is 89.9 Å². The first-order chi connectivity index (χ1) is 15.7. The number of aliphatic hydroxyl groups excluding tert-OH is 2. The third-order valence-electron chi connectivity index (χ3n) is 7.18. The van der Waals surface area contributed by atoms with Gasteiger partial charge in [-0.3, -0.25) is 9.80 Å². The molecule has 1 rings (SSSR count). The lowest BCUT2D eigenvalue weighted by molar-refractivity contribution is 0.0435. The maximum atomic E-state index is 10.4. The van der Waals surface area contributed by atoms with E-state index in [1.54, 1.807) is 0 Å². The summed E-state index contributed by atoms with van der Waals surface area (Å²) in [5, 5.41) is 20.5. The fourth-order valence-corrected chi connectivity index (χ4v) is 4.95. The highest BCUT2D eigenvalue weighted by molar-refractivity contribution is 4.76. The number of nitrogens with zero attached hydrogens (tertiary/aromatic N) is 2. The largest absolute Gasteiger partial charge is 0.392 e. The van der Waals surface area contributed by atoms with Crippen LogP contribution in [0.3, 0.4) is 0 Å². The van der Waals surface area contributed by atoms with Crippen LogP contribution in [-0.4, -0.2) is 71.5 Å². The molecule has 0 aromatic carbocycles. The minimum Gasteiger partial charge on any atom is -0.392 e. The highest BCUT2D eigenvalue weighted by Crippen LogP contribution is 2.14. The summed E-state index contributed by atoms with van der Waals surface area (Å²) in [5.74, 6) is 0. The molecule has 4 nitrogen and oxygen atoms in total. The molecule has 1 aliphatic rings. The Labute approximate surface area is 201 Å². The van der Waals surface area contributed by atoms with Crippen LogP contribution in [0.15, 0.2) is 0 Å². The van der Waals surface area contributed by atoms with Crippen molar-refractivity contribution in [1.82, 2.24) is 9.80 Å². The zero-order chi connectivity index (χ0) is 23.3. The molecule has 0 radical (unpaired) electrons. The molecule has 0 aromatic heterocycles. The summed E-state index contributed by atoms with van der Waals surface area (Å²) >= 11 is 0. The van der Waals surface area contributed by atoms with Crippen LogP contribution in [0.4, 0.5) is 0 Å². The second kappa shape index (κ2) is 21.4. The van der Waals surface area contributed by atoms with Crippen molar-refractivity contribution in [2.45, 2.75) is 142 Å². The van der Waals surface area contributed by atoms with Gasteiger partial charge in [0.05, 0.1) is 12.2 Å². The van der Waals surface area contributed by atoms with E-state index in [4.69, 9.17) is 0 Å². The first-order valence-electron chi connectivity index (χ1n) is 14.5. The molecule has 0 aromatic rings. The van der Waals surface area contributed by atoms with Crippen LogP contribution in [0.25, 0.3) is 0 Å². The minimum atomic E-state index is -0.174. The van der Waals surface area contributed by atoms with Crippen LogP contribution in [0.1, 0.15) is 129 Å². The van der Waals surface area contributed by atoms with Crippen molar-refractivity contribution < 1.29 is 10.2 Å². The average Bonchev–Trinajstić information content (AvgIpc) is 2.79. The zero-order valence-corrected chi connectivity index (χ0v) is 21.9. The Morgan fingerprint density at radius 2 is 0.781 bits per heavy atom. The van der Waals surface area contributed by atoms with Crippen LogP contribution < -0.4 is 0 Å². The molecule has 2 N–H and O–H groups in total. The van der Waals surface area contributed by atoms with Crippen molar-refractivity contribution in [2.24, 2.45) is 0 Å². The summed E-state index contributed by atoms with van der Waals surface area (Å²) in [5.41, 5.74) is 0. The molecular formula is C28H58N2O2. The molecule has 0 spiro atoms. The molecule has 1 saturated heterocycles. The molecule has 2 unspecified atom stereocenters. The Hall–Kier alpha value is -0.160. The van der Waals surface area contributed by atoms with Crippen molar-refractivity contribution in [1.29, 1.82) is 0 Å². The number of hydrogen-bond acceptors (Lipinski definition) is 4. The van der Waals surface area contributed by atoms with Crippen molar-refractivity contribution in [3.63, 3.8) is 0 Å². The second-order valence-electron chi connectivity index (χ2n) is 10.4. The van der Waals surface area contributed by atoms with E-state index in [0.29, 0.717) is 0 Å². The van der Waals surface area contributed by atoms with E-state index in [-0.39, 0.29) is 12.2 Å². The number of piperazine rings is 1.